The molecule has 0 bridgehead atoms. The zero-order valence-electron chi connectivity index (χ0n) is 23.3. The lowest BCUT2D eigenvalue weighted by Crippen LogP contribution is -2.59. The number of hydrogen-bond donors (Lipinski definition) is 4. The van der Waals surface area contributed by atoms with Crippen LogP contribution in [0.15, 0.2) is 35.3 Å². The molecular weight excluding hydrogens is 532 g/mol. The van der Waals surface area contributed by atoms with Gasteiger partial charge >= 0.3 is 11.9 Å². The van der Waals surface area contributed by atoms with Crippen molar-refractivity contribution in [1.82, 2.24) is 25.1 Å². The second-order valence-corrected chi connectivity index (χ2v) is 11.8. The molecule has 3 amide bonds. The van der Waals surface area contributed by atoms with Gasteiger partial charge in [-0.2, -0.15) is 4.99 Å². The van der Waals surface area contributed by atoms with Gasteiger partial charge in [0.05, 0.1) is 40.3 Å². The molecule has 2 saturated heterocycles. The fourth-order valence-electron chi connectivity index (χ4n) is 5.22. The van der Waals surface area contributed by atoms with E-state index in [9.17, 15) is 9.59 Å². The van der Waals surface area contributed by atoms with Crippen LogP contribution in [0, 0.1) is 5.41 Å². The predicted molar refractivity (Wildman–Crippen MR) is 157 cm³/mol. The summed E-state index contributed by atoms with van der Waals surface area (Å²) in [5.41, 5.74) is 18.4. The molecule has 2 aliphatic rings. The van der Waals surface area contributed by atoms with E-state index >= 15 is 0 Å². The molecular formula is C27H40ClN10O2+. The van der Waals surface area contributed by atoms with Crippen LogP contribution < -0.4 is 22.5 Å². The topological polar surface area (TPSA) is 169 Å². The summed E-state index contributed by atoms with van der Waals surface area (Å²) in [7, 11) is 4.40. The van der Waals surface area contributed by atoms with Crippen molar-refractivity contribution in [2.75, 3.05) is 71.4 Å². The lowest BCUT2D eigenvalue weighted by atomic mass is 9.74. The molecule has 2 aliphatic heterocycles. The first-order valence-corrected chi connectivity index (χ1v) is 14.0. The molecule has 2 aromatic rings. The van der Waals surface area contributed by atoms with Gasteiger partial charge in [0, 0.05) is 19.6 Å². The average molecular weight is 572 g/mol. The molecule has 13 heteroatoms. The molecule has 2 fully saturated rings. The summed E-state index contributed by atoms with van der Waals surface area (Å²) in [6.45, 7) is 5.30. The van der Waals surface area contributed by atoms with Crippen LogP contribution in [0.2, 0.25) is 5.15 Å². The van der Waals surface area contributed by atoms with Gasteiger partial charge < -0.3 is 36.8 Å². The van der Waals surface area contributed by atoms with Crippen LogP contribution in [0.25, 0.3) is 0 Å². The number of rotatable bonds is 6. The summed E-state index contributed by atoms with van der Waals surface area (Å²) in [5, 5.41) is 3.00. The number of aryl methyl sites for hydroxylation is 1. The van der Waals surface area contributed by atoms with Crippen LogP contribution in [0.4, 0.5) is 16.4 Å². The number of benzene rings is 1. The number of quaternary nitrogens is 1. The van der Waals surface area contributed by atoms with Crippen LogP contribution in [0.5, 0.6) is 0 Å². The first-order valence-electron chi connectivity index (χ1n) is 13.6. The number of carbonyl (C=O) groups excluding carboxylic acids is 2. The summed E-state index contributed by atoms with van der Waals surface area (Å²) in [4.78, 5) is 41.5. The van der Waals surface area contributed by atoms with Gasteiger partial charge in [-0.25, -0.2) is 14.8 Å². The molecule has 7 N–H and O–H groups in total. The minimum absolute atomic E-state index is 0.0502. The van der Waals surface area contributed by atoms with E-state index in [1.807, 2.05) is 28.0 Å². The number of aromatic nitrogens is 2. The summed E-state index contributed by atoms with van der Waals surface area (Å²) >= 11 is 5.90. The number of carbonyl (C=O) groups is 2. The molecule has 1 aromatic carbocycles. The first kappa shape index (κ1) is 29.3. The highest BCUT2D eigenvalue weighted by Gasteiger charge is 2.38. The van der Waals surface area contributed by atoms with Crippen LogP contribution >= 0.6 is 11.6 Å². The summed E-state index contributed by atoms with van der Waals surface area (Å²) in [6.07, 6.45) is 3.40. The highest BCUT2D eigenvalue weighted by molar-refractivity contribution is 6.31. The summed E-state index contributed by atoms with van der Waals surface area (Å²) in [5.74, 6) is -1.06. The quantitative estimate of drug-likeness (QED) is 0.230. The van der Waals surface area contributed by atoms with Gasteiger partial charge in [0.1, 0.15) is 0 Å². The molecule has 1 aromatic heterocycles. The van der Waals surface area contributed by atoms with Gasteiger partial charge in [0.2, 0.25) is 0 Å². The van der Waals surface area contributed by atoms with E-state index in [0.717, 1.165) is 56.3 Å². The summed E-state index contributed by atoms with van der Waals surface area (Å²) < 4.78 is 0.939. The van der Waals surface area contributed by atoms with E-state index in [1.54, 1.807) is 0 Å². The molecule has 3 heterocycles. The normalized spacial score (nSPS) is 18.8. The van der Waals surface area contributed by atoms with Gasteiger partial charge in [0.25, 0.3) is 0 Å². The molecule has 0 atom stereocenters. The van der Waals surface area contributed by atoms with E-state index in [4.69, 9.17) is 28.8 Å². The van der Waals surface area contributed by atoms with Crippen LogP contribution in [-0.2, 0) is 6.42 Å². The molecule has 0 aliphatic carbocycles. The lowest BCUT2D eigenvalue weighted by molar-refractivity contribution is -0.894. The van der Waals surface area contributed by atoms with Crippen molar-refractivity contribution >= 4 is 41.1 Å². The van der Waals surface area contributed by atoms with Gasteiger partial charge in [-0.15, -0.1) is 0 Å². The Bertz CT molecular complexity index is 1240. The number of nitrogens with two attached hydrogens (primary N) is 3. The molecule has 216 valence electrons. The Balaban J connectivity index is 1.41. The number of nitrogen functional groups attached to an aromatic ring is 2. The van der Waals surface area contributed by atoms with Crippen molar-refractivity contribution in [3.05, 3.63) is 46.7 Å². The van der Waals surface area contributed by atoms with Crippen molar-refractivity contribution in [2.45, 2.75) is 25.7 Å². The largest absolute Gasteiger partial charge is 0.382 e. The summed E-state index contributed by atoms with van der Waals surface area (Å²) in [6, 6.07) is 10.4. The fraction of sp³-hybridized carbons (Fsp3) is 0.519. The SMILES string of the molecule is C[N+]1(C)CCN(C(=O)N2CCC(CCc3ccccc3)(CN/C(N)=N/C(=O)c3nc(Cl)c(N)nc3N)CC2)CC1. The van der Waals surface area contributed by atoms with E-state index in [1.165, 1.54) is 5.56 Å². The van der Waals surface area contributed by atoms with E-state index in [-0.39, 0.29) is 39.9 Å². The Hall–Kier alpha value is -3.64. The lowest BCUT2D eigenvalue weighted by Gasteiger charge is -2.45. The number of piperazine rings is 1. The standard InChI is InChI=1S/C27H39ClN10O2/c1-38(2)16-14-37(15-17-38)26(40)36-12-10-27(11-13-36,9-8-19-6-4-3-5-7-19)18-32-25(31)35-24(39)20-22(29)34-23(30)21(28)33-20/h3-7H,8-18H2,1-2H3,(H6-,29,30,31,32,34,35,39)/p+1. The monoisotopic (exact) mass is 571 g/mol. The Morgan fingerprint density at radius 1 is 1.02 bits per heavy atom. The predicted octanol–water partition coefficient (Wildman–Crippen LogP) is 1.57. The Kier molecular flexibility index (Phi) is 8.99. The Morgan fingerprint density at radius 3 is 2.30 bits per heavy atom. The number of nitrogens with one attached hydrogen (secondary N) is 1. The number of halogens is 1. The van der Waals surface area contributed by atoms with Crippen molar-refractivity contribution in [3.8, 4) is 0 Å². The second-order valence-electron chi connectivity index (χ2n) is 11.4. The minimum atomic E-state index is -0.765. The van der Waals surface area contributed by atoms with E-state index in [0.29, 0.717) is 19.6 Å². The zero-order chi connectivity index (χ0) is 28.9. The number of nitrogens with zero attached hydrogens (tertiary/aromatic N) is 6. The highest BCUT2D eigenvalue weighted by atomic mass is 35.5. The van der Waals surface area contributed by atoms with E-state index < -0.39 is 5.91 Å². The third-order valence-electron chi connectivity index (χ3n) is 8.08. The molecule has 12 nitrogen and oxygen atoms in total. The van der Waals surface area contributed by atoms with Gasteiger partial charge in [0.15, 0.2) is 28.4 Å². The van der Waals surface area contributed by atoms with Crippen molar-refractivity contribution in [3.63, 3.8) is 0 Å². The minimum Gasteiger partial charge on any atom is -0.382 e. The number of likely N-dealkylation sites (N-methyl/N-ethyl adjacent to an activating group) is 1. The number of urea groups is 1. The maximum absolute atomic E-state index is 13.3. The number of amides is 3. The third kappa shape index (κ3) is 7.30. The number of anilines is 2. The van der Waals surface area contributed by atoms with Crippen LogP contribution in [-0.4, -0.2) is 102 Å². The number of likely N-dealkylation sites (tertiary alicyclic amines) is 1. The number of guanidine groups is 1. The highest BCUT2D eigenvalue weighted by Crippen LogP contribution is 2.36. The second kappa shape index (κ2) is 12.3. The van der Waals surface area contributed by atoms with Gasteiger partial charge in [-0.3, -0.25) is 4.79 Å². The van der Waals surface area contributed by atoms with Crippen molar-refractivity contribution < 1.29 is 14.1 Å². The molecule has 4 rings (SSSR count). The smallest absolute Gasteiger partial charge is 0.320 e. The molecule has 0 saturated carbocycles. The van der Waals surface area contributed by atoms with Crippen LogP contribution in [0.1, 0.15) is 35.3 Å². The van der Waals surface area contributed by atoms with Crippen molar-refractivity contribution in [1.29, 1.82) is 0 Å². The molecule has 0 unspecified atom stereocenters. The van der Waals surface area contributed by atoms with Gasteiger partial charge in [-0.1, -0.05) is 41.9 Å². The Labute approximate surface area is 240 Å². The zero-order valence-corrected chi connectivity index (χ0v) is 24.0. The van der Waals surface area contributed by atoms with E-state index in [2.05, 4.69) is 46.5 Å². The fourth-order valence-corrected chi connectivity index (χ4v) is 5.35. The number of hydrogen-bond acceptors (Lipinski definition) is 6. The molecule has 0 spiro atoms. The Morgan fingerprint density at radius 2 is 1.65 bits per heavy atom. The van der Waals surface area contributed by atoms with Crippen molar-refractivity contribution in [2.24, 2.45) is 16.1 Å². The van der Waals surface area contributed by atoms with Crippen LogP contribution in [0.3, 0.4) is 0 Å². The molecule has 0 radical (unpaired) electrons. The number of piperidine rings is 1. The van der Waals surface area contributed by atoms with Gasteiger partial charge in [-0.05, 0) is 36.7 Å². The first-order chi connectivity index (χ1) is 19.0. The number of aliphatic imine (C=N–C) groups is 1. The third-order valence-corrected chi connectivity index (χ3v) is 8.35. The maximum atomic E-state index is 13.3. The average Bonchev–Trinajstić information content (AvgIpc) is 2.93. The molecule has 40 heavy (non-hydrogen) atoms. The maximum Gasteiger partial charge on any atom is 0.320 e.